The van der Waals surface area contributed by atoms with Gasteiger partial charge in [-0.15, -0.1) is 0 Å². The number of thiocarbonyl (C=S) groups is 1. The van der Waals surface area contributed by atoms with E-state index in [1.807, 2.05) is 51.1 Å². The lowest BCUT2D eigenvalue weighted by molar-refractivity contribution is 0.384. The standard InChI is InChI=1S/C26H28N8S2/c1-17-8-4-6-10-21(17)29-26(35)31-25(30-24-27-18(2)16-19(3)28-24)34-14-12-33(13-15-34)23-20-9-5-7-11-22(20)36-32-23/h4-11,16H,12-15H2,1-3H3,(H2,27,28,29,30,31,35). The van der Waals surface area contributed by atoms with Crippen LogP contribution in [0.15, 0.2) is 59.6 Å². The Morgan fingerprint density at radius 2 is 1.61 bits per heavy atom. The Morgan fingerprint density at radius 3 is 2.36 bits per heavy atom. The molecular formula is C26H28N8S2. The van der Waals surface area contributed by atoms with E-state index < -0.39 is 0 Å². The molecule has 0 saturated carbocycles. The molecule has 0 aliphatic carbocycles. The van der Waals surface area contributed by atoms with Crippen molar-refractivity contribution in [2.75, 3.05) is 41.7 Å². The zero-order valence-electron chi connectivity index (χ0n) is 20.5. The number of aryl methyl sites for hydroxylation is 3. The van der Waals surface area contributed by atoms with Crippen molar-refractivity contribution in [3.8, 4) is 0 Å². The lowest BCUT2D eigenvalue weighted by Crippen LogP contribution is -2.51. The van der Waals surface area contributed by atoms with Gasteiger partial charge in [-0.05, 0) is 74.4 Å². The molecule has 184 valence electrons. The second-order valence-corrected chi connectivity index (χ2v) is 9.95. The molecule has 0 spiro atoms. The lowest BCUT2D eigenvalue weighted by Gasteiger charge is -2.36. The minimum Gasteiger partial charge on any atom is -0.352 e. The number of anilines is 3. The summed E-state index contributed by atoms with van der Waals surface area (Å²) >= 11 is 7.17. The van der Waals surface area contributed by atoms with E-state index in [0.717, 1.165) is 54.6 Å². The van der Waals surface area contributed by atoms with Crippen molar-refractivity contribution in [1.29, 1.82) is 0 Å². The summed E-state index contributed by atoms with van der Waals surface area (Å²) in [5.41, 5.74) is 3.83. The number of para-hydroxylation sites is 1. The normalized spacial score (nSPS) is 14.2. The molecule has 1 aliphatic rings. The Bertz CT molecular complexity index is 1400. The molecule has 0 atom stereocenters. The third-order valence-electron chi connectivity index (χ3n) is 6.04. The summed E-state index contributed by atoms with van der Waals surface area (Å²) in [6.45, 7) is 9.11. The molecule has 0 bridgehead atoms. The van der Waals surface area contributed by atoms with E-state index in [2.05, 4.69) is 54.7 Å². The molecule has 4 aromatic rings. The van der Waals surface area contributed by atoms with Gasteiger partial charge < -0.3 is 15.1 Å². The highest BCUT2D eigenvalue weighted by Gasteiger charge is 2.24. The first kappa shape index (κ1) is 24.1. The van der Waals surface area contributed by atoms with Gasteiger partial charge in [0.2, 0.25) is 17.0 Å². The number of aromatic nitrogens is 3. The van der Waals surface area contributed by atoms with Crippen molar-refractivity contribution in [1.82, 2.24) is 19.2 Å². The maximum absolute atomic E-state index is 5.62. The second kappa shape index (κ2) is 10.5. The van der Waals surface area contributed by atoms with Crippen LogP contribution in [0.1, 0.15) is 17.0 Å². The fraction of sp³-hybridized carbons (Fsp3) is 0.269. The number of hydrogen-bond acceptors (Lipinski definition) is 6. The van der Waals surface area contributed by atoms with Gasteiger partial charge in [-0.2, -0.15) is 9.37 Å². The van der Waals surface area contributed by atoms with Crippen LogP contribution in [-0.2, 0) is 0 Å². The van der Waals surface area contributed by atoms with Crippen LogP contribution in [0.3, 0.4) is 0 Å². The Balaban J connectivity index is 1.36. The van der Waals surface area contributed by atoms with E-state index in [-0.39, 0.29) is 0 Å². The van der Waals surface area contributed by atoms with Crippen molar-refractivity contribution in [3.05, 3.63) is 71.5 Å². The Morgan fingerprint density at radius 1 is 0.917 bits per heavy atom. The van der Waals surface area contributed by atoms with Crippen LogP contribution in [0.2, 0.25) is 0 Å². The van der Waals surface area contributed by atoms with Gasteiger partial charge in [0.15, 0.2) is 0 Å². The third kappa shape index (κ3) is 5.44. The largest absolute Gasteiger partial charge is 0.352 e. The monoisotopic (exact) mass is 516 g/mol. The molecule has 3 heterocycles. The summed E-state index contributed by atoms with van der Waals surface area (Å²) in [7, 11) is 0. The summed E-state index contributed by atoms with van der Waals surface area (Å²) in [6.07, 6.45) is 0. The maximum Gasteiger partial charge on any atom is 0.229 e. The predicted octanol–water partition coefficient (Wildman–Crippen LogP) is 5.00. The number of guanidine groups is 1. The number of piperazine rings is 1. The van der Waals surface area contributed by atoms with Crippen LogP contribution in [0.25, 0.3) is 10.1 Å². The fourth-order valence-corrected chi connectivity index (χ4v) is 5.23. The highest BCUT2D eigenvalue weighted by molar-refractivity contribution is 7.80. The maximum atomic E-state index is 5.62. The molecule has 2 aromatic heterocycles. The van der Waals surface area contributed by atoms with E-state index in [1.54, 1.807) is 11.5 Å². The Kier molecular flexibility index (Phi) is 7.06. The number of nitrogens with one attached hydrogen (secondary N) is 2. The topological polar surface area (TPSA) is 81.6 Å². The van der Waals surface area contributed by atoms with Crippen LogP contribution in [0.5, 0.6) is 0 Å². The number of aliphatic imine (C=N–C) groups is 1. The molecule has 5 rings (SSSR count). The quantitative estimate of drug-likeness (QED) is 0.224. The van der Waals surface area contributed by atoms with E-state index in [1.165, 1.54) is 10.1 Å². The number of rotatable bonds is 3. The molecule has 0 amide bonds. The van der Waals surface area contributed by atoms with Gasteiger partial charge in [-0.1, -0.05) is 30.3 Å². The highest BCUT2D eigenvalue weighted by atomic mass is 32.1. The summed E-state index contributed by atoms with van der Waals surface area (Å²) in [4.78, 5) is 18.4. The lowest BCUT2D eigenvalue weighted by atomic mass is 10.2. The molecule has 0 radical (unpaired) electrons. The van der Waals surface area contributed by atoms with Gasteiger partial charge in [0.1, 0.15) is 5.82 Å². The van der Waals surface area contributed by atoms with Gasteiger partial charge in [0.25, 0.3) is 0 Å². The SMILES string of the molecule is Cc1cc(C)nc(N/C(=N/C(=S)Nc2ccccc2C)N2CCN(c3nsc4ccccc34)CC2)n1. The van der Waals surface area contributed by atoms with Gasteiger partial charge in [0, 0.05) is 48.6 Å². The third-order valence-corrected chi connectivity index (χ3v) is 7.05. The van der Waals surface area contributed by atoms with Crippen molar-refractivity contribution >= 4 is 62.4 Å². The molecule has 1 fully saturated rings. The summed E-state index contributed by atoms with van der Waals surface area (Å²) in [5, 5.41) is 8.17. The Hall–Kier alpha value is -3.63. The van der Waals surface area contributed by atoms with E-state index >= 15 is 0 Å². The first-order valence-corrected chi connectivity index (χ1v) is 13.0. The van der Waals surface area contributed by atoms with Crippen LogP contribution in [0.4, 0.5) is 17.5 Å². The van der Waals surface area contributed by atoms with Crippen LogP contribution in [0, 0.1) is 20.8 Å². The Labute approximate surface area is 220 Å². The highest BCUT2D eigenvalue weighted by Crippen LogP contribution is 2.30. The van der Waals surface area contributed by atoms with Crippen molar-refractivity contribution in [2.45, 2.75) is 20.8 Å². The van der Waals surface area contributed by atoms with Crippen LogP contribution >= 0.6 is 23.8 Å². The van der Waals surface area contributed by atoms with Crippen molar-refractivity contribution in [3.63, 3.8) is 0 Å². The average Bonchev–Trinajstić information content (AvgIpc) is 3.29. The number of hydrogen-bond donors (Lipinski definition) is 2. The number of nitrogens with zero attached hydrogens (tertiary/aromatic N) is 6. The molecule has 10 heteroatoms. The van der Waals surface area contributed by atoms with Gasteiger partial charge >= 0.3 is 0 Å². The zero-order valence-corrected chi connectivity index (χ0v) is 22.2. The smallest absolute Gasteiger partial charge is 0.229 e. The fourth-order valence-electron chi connectivity index (χ4n) is 4.24. The summed E-state index contributed by atoms with van der Waals surface area (Å²) < 4.78 is 5.94. The second-order valence-electron chi connectivity index (χ2n) is 8.76. The molecule has 0 unspecified atom stereocenters. The summed E-state index contributed by atoms with van der Waals surface area (Å²) in [5.74, 6) is 2.20. The molecule has 2 N–H and O–H groups in total. The number of fused-ring (bicyclic) bond motifs is 1. The minimum atomic E-state index is 0.379. The van der Waals surface area contributed by atoms with Crippen LogP contribution in [-0.4, -0.2) is 56.5 Å². The molecule has 36 heavy (non-hydrogen) atoms. The molecule has 8 nitrogen and oxygen atoms in total. The van der Waals surface area contributed by atoms with Crippen LogP contribution < -0.4 is 15.5 Å². The molecular weight excluding hydrogens is 488 g/mol. The number of benzene rings is 2. The van der Waals surface area contributed by atoms with Gasteiger partial charge in [-0.3, -0.25) is 5.32 Å². The van der Waals surface area contributed by atoms with Crippen molar-refractivity contribution < 1.29 is 0 Å². The molecule has 1 saturated heterocycles. The average molecular weight is 517 g/mol. The minimum absolute atomic E-state index is 0.379. The van der Waals surface area contributed by atoms with E-state index in [0.29, 0.717) is 17.0 Å². The molecule has 1 aliphatic heterocycles. The predicted molar refractivity (Wildman–Crippen MR) is 153 cm³/mol. The van der Waals surface area contributed by atoms with Crippen molar-refractivity contribution in [2.24, 2.45) is 4.99 Å². The first-order valence-electron chi connectivity index (χ1n) is 11.9. The summed E-state index contributed by atoms with van der Waals surface area (Å²) in [6, 6.07) is 18.3. The van der Waals surface area contributed by atoms with Gasteiger partial charge in [0.05, 0.1) is 4.70 Å². The van der Waals surface area contributed by atoms with E-state index in [4.69, 9.17) is 21.6 Å². The van der Waals surface area contributed by atoms with Gasteiger partial charge in [-0.25, -0.2) is 9.97 Å². The molecule has 2 aromatic carbocycles. The van der Waals surface area contributed by atoms with E-state index in [9.17, 15) is 0 Å². The zero-order chi connectivity index (χ0) is 25.1. The first-order chi connectivity index (χ1) is 17.5.